The van der Waals surface area contributed by atoms with Crippen LogP contribution in [0.3, 0.4) is 0 Å². The van der Waals surface area contributed by atoms with Crippen molar-refractivity contribution in [3.63, 3.8) is 0 Å². The van der Waals surface area contributed by atoms with E-state index >= 15 is 0 Å². The molecule has 0 radical (unpaired) electrons. The van der Waals surface area contributed by atoms with E-state index in [0.29, 0.717) is 23.5 Å². The molecule has 82 valence electrons. The maximum Gasteiger partial charge on any atom is 0.104 e. The zero-order chi connectivity index (χ0) is 11.3. The van der Waals surface area contributed by atoms with Crippen LogP contribution >= 0.6 is 11.6 Å². The van der Waals surface area contributed by atoms with Crippen LogP contribution in [-0.2, 0) is 0 Å². The number of allylic oxidation sites excluding steroid dienone is 1. The fourth-order valence-corrected chi connectivity index (χ4v) is 1.54. The van der Waals surface area contributed by atoms with Crippen LogP contribution in [0.2, 0.25) is 0 Å². The van der Waals surface area contributed by atoms with Gasteiger partial charge in [-0.05, 0) is 17.4 Å². The summed E-state index contributed by atoms with van der Waals surface area (Å²) in [4.78, 5) is 0. The van der Waals surface area contributed by atoms with Crippen LogP contribution in [0.1, 0.15) is 27.7 Å². The molecule has 2 nitrogen and oxygen atoms in total. The van der Waals surface area contributed by atoms with Gasteiger partial charge in [-0.3, -0.25) is 0 Å². The molecule has 0 fully saturated rings. The lowest BCUT2D eigenvalue weighted by molar-refractivity contribution is 0.732. The second-order valence-corrected chi connectivity index (χ2v) is 4.46. The van der Waals surface area contributed by atoms with E-state index in [9.17, 15) is 0 Å². The van der Waals surface area contributed by atoms with Crippen molar-refractivity contribution >= 4 is 11.6 Å². The highest BCUT2D eigenvalue weighted by Gasteiger charge is 2.11. The first-order valence-corrected chi connectivity index (χ1v) is 5.34. The van der Waals surface area contributed by atoms with E-state index in [1.165, 1.54) is 0 Å². The van der Waals surface area contributed by atoms with Crippen LogP contribution < -0.4 is 11.5 Å². The molecule has 4 N–H and O–H groups in total. The summed E-state index contributed by atoms with van der Waals surface area (Å²) in [5.74, 6) is 0.873. The fourth-order valence-electron chi connectivity index (χ4n) is 1.35. The number of nitrogens with two attached hydrogens (primary N) is 2. The Morgan fingerprint density at radius 1 is 1.29 bits per heavy atom. The zero-order valence-electron chi connectivity index (χ0n) is 9.47. The van der Waals surface area contributed by atoms with Gasteiger partial charge in [-0.25, -0.2) is 0 Å². The molecule has 0 aliphatic heterocycles. The van der Waals surface area contributed by atoms with Crippen LogP contribution in [-0.4, -0.2) is 6.54 Å². The second-order valence-electron chi connectivity index (χ2n) is 4.05. The number of rotatable bonds is 4. The van der Waals surface area contributed by atoms with Crippen molar-refractivity contribution < 1.29 is 0 Å². The Bertz CT molecular complexity index is 236. The van der Waals surface area contributed by atoms with E-state index in [1.807, 2.05) is 0 Å². The molecule has 14 heavy (non-hydrogen) atoms. The Labute approximate surface area is 92.0 Å². The predicted molar refractivity (Wildman–Crippen MR) is 63.9 cm³/mol. The molecule has 0 spiro atoms. The average Bonchev–Trinajstić information content (AvgIpc) is 2.02. The van der Waals surface area contributed by atoms with E-state index in [-0.39, 0.29) is 0 Å². The highest BCUT2D eigenvalue weighted by Crippen LogP contribution is 2.23. The van der Waals surface area contributed by atoms with Crippen LogP contribution in [0, 0.1) is 11.8 Å². The van der Waals surface area contributed by atoms with Gasteiger partial charge in [0.05, 0.1) is 0 Å². The van der Waals surface area contributed by atoms with Gasteiger partial charge in [0, 0.05) is 12.1 Å². The lowest BCUT2D eigenvalue weighted by Crippen LogP contribution is -2.14. The quantitative estimate of drug-likeness (QED) is 0.561. The molecule has 0 amide bonds. The summed E-state index contributed by atoms with van der Waals surface area (Å²) in [6, 6.07) is 0. The molecule has 3 heteroatoms. The van der Waals surface area contributed by atoms with Gasteiger partial charge in [-0.2, -0.15) is 0 Å². The number of hydrogen-bond donors (Lipinski definition) is 2. The molecule has 0 atom stereocenters. The smallest absolute Gasteiger partial charge is 0.104 e. The van der Waals surface area contributed by atoms with Crippen LogP contribution in [0.5, 0.6) is 0 Å². The Kier molecular flexibility index (Phi) is 5.89. The zero-order valence-corrected chi connectivity index (χ0v) is 10.2. The van der Waals surface area contributed by atoms with Gasteiger partial charge < -0.3 is 11.5 Å². The van der Waals surface area contributed by atoms with Gasteiger partial charge in [-0.15, -0.1) is 0 Å². The molecule has 0 rings (SSSR count). The maximum absolute atomic E-state index is 5.80. The minimum absolute atomic E-state index is 0.313. The third kappa shape index (κ3) is 4.16. The van der Waals surface area contributed by atoms with Gasteiger partial charge >= 0.3 is 0 Å². The number of hydrogen-bond acceptors (Lipinski definition) is 2. The summed E-state index contributed by atoms with van der Waals surface area (Å²) in [6.07, 6.45) is 2.17. The molecule has 0 unspecified atom stereocenters. The SMILES string of the molecule is CC(C)/C=C(\C(CN)=C(/N)Cl)C(C)C. The van der Waals surface area contributed by atoms with Crippen LogP contribution in [0.25, 0.3) is 0 Å². The van der Waals surface area contributed by atoms with Crippen molar-refractivity contribution in [2.45, 2.75) is 27.7 Å². The average molecular weight is 217 g/mol. The molecule has 0 aliphatic rings. The van der Waals surface area contributed by atoms with E-state index in [4.69, 9.17) is 23.1 Å². The normalized spacial score (nSPS) is 15.0. The lowest BCUT2D eigenvalue weighted by atomic mass is 9.92. The molecule has 0 saturated heterocycles. The van der Waals surface area contributed by atoms with Crippen molar-refractivity contribution in [3.8, 4) is 0 Å². The molecule has 0 heterocycles. The molecule has 0 aromatic rings. The molecule has 0 aromatic carbocycles. The third-order valence-electron chi connectivity index (χ3n) is 1.98. The third-order valence-corrected chi connectivity index (χ3v) is 2.20. The summed E-state index contributed by atoms with van der Waals surface area (Å²) in [5.41, 5.74) is 13.2. The first-order chi connectivity index (χ1) is 6.40. The van der Waals surface area contributed by atoms with Crippen molar-refractivity contribution in [2.24, 2.45) is 23.3 Å². The molecular formula is C11H21ClN2. The van der Waals surface area contributed by atoms with Gasteiger partial charge in [-0.1, -0.05) is 45.4 Å². The Hall–Kier alpha value is -0.470. The standard InChI is InChI=1S/C11H21ClN2/c1-7(2)5-9(8(3)4)10(6-13)11(12)14/h5,7-8H,6,13-14H2,1-4H3/b9-5-,11-10-. The topological polar surface area (TPSA) is 52.0 Å². The van der Waals surface area contributed by atoms with Gasteiger partial charge in [0.15, 0.2) is 0 Å². The van der Waals surface area contributed by atoms with Gasteiger partial charge in [0.25, 0.3) is 0 Å². The monoisotopic (exact) mass is 216 g/mol. The summed E-state index contributed by atoms with van der Waals surface area (Å²) >= 11 is 5.80. The van der Waals surface area contributed by atoms with Crippen molar-refractivity contribution in [1.82, 2.24) is 0 Å². The molecular weight excluding hydrogens is 196 g/mol. The van der Waals surface area contributed by atoms with Crippen LogP contribution in [0.15, 0.2) is 22.4 Å². The number of halogens is 1. The predicted octanol–water partition coefficient (Wildman–Crippen LogP) is 2.59. The van der Waals surface area contributed by atoms with Crippen molar-refractivity contribution in [3.05, 3.63) is 22.4 Å². The first-order valence-electron chi connectivity index (χ1n) is 4.96. The molecule has 0 aliphatic carbocycles. The minimum atomic E-state index is 0.313. The minimum Gasteiger partial charge on any atom is -0.389 e. The Balaban J connectivity index is 5.11. The van der Waals surface area contributed by atoms with Gasteiger partial charge in [0.1, 0.15) is 5.16 Å². The Morgan fingerprint density at radius 2 is 1.79 bits per heavy atom. The van der Waals surface area contributed by atoms with Crippen LogP contribution in [0.4, 0.5) is 0 Å². The van der Waals surface area contributed by atoms with E-state index in [2.05, 4.69) is 33.8 Å². The largest absolute Gasteiger partial charge is 0.389 e. The van der Waals surface area contributed by atoms with Gasteiger partial charge in [0.2, 0.25) is 0 Å². The molecule has 0 aromatic heterocycles. The Morgan fingerprint density at radius 3 is 2.00 bits per heavy atom. The summed E-state index contributed by atoms with van der Waals surface area (Å²) in [5, 5.41) is 0.313. The highest BCUT2D eigenvalue weighted by atomic mass is 35.5. The highest BCUT2D eigenvalue weighted by molar-refractivity contribution is 6.29. The lowest BCUT2D eigenvalue weighted by Gasteiger charge is -2.16. The second kappa shape index (κ2) is 6.10. The maximum atomic E-state index is 5.80. The van der Waals surface area contributed by atoms with Crippen molar-refractivity contribution in [1.29, 1.82) is 0 Å². The van der Waals surface area contributed by atoms with Crippen molar-refractivity contribution in [2.75, 3.05) is 6.54 Å². The summed E-state index contributed by atoms with van der Waals surface area (Å²) in [6.45, 7) is 8.88. The first kappa shape index (κ1) is 13.5. The van der Waals surface area contributed by atoms with E-state index < -0.39 is 0 Å². The summed E-state index contributed by atoms with van der Waals surface area (Å²) < 4.78 is 0. The van der Waals surface area contributed by atoms with E-state index in [1.54, 1.807) is 0 Å². The molecule has 0 bridgehead atoms. The molecule has 0 saturated carbocycles. The van der Waals surface area contributed by atoms with E-state index in [0.717, 1.165) is 11.1 Å². The fraction of sp³-hybridized carbons (Fsp3) is 0.636. The summed E-state index contributed by atoms with van der Waals surface area (Å²) in [7, 11) is 0.